The lowest BCUT2D eigenvalue weighted by Crippen LogP contribution is -2.30. The van der Waals surface area contributed by atoms with Crippen molar-refractivity contribution in [1.82, 2.24) is 14.7 Å². The second kappa shape index (κ2) is 6.61. The molecule has 0 aliphatic rings. The van der Waals surface area contributed by atoms with Crippen LogP contribution in [0.4, 0.5) is 0 Å². The van der Waals surface area contributed by atoms with Crippen molar-refractivity contribution in [2.45, 2.75) is 57.9 Å². The van der Waals surface area contributed by atoms with Gasteiger partial charge in [-0.2, -0.15) is 0 Å². The molecule has 1 aromatic carbocycles. The Hall–Kier alpha value is -1.79. The van der Waals surface area contributed by atoms with Crippen molar-refractivity contribution in [3.05, 3.63) is 41.9 Å². The third-order valence-electron chi connectivity index (χ3n) is 3.50. The van der Waals surface area contributed by atoms with Gasteiger partial charge in [0.2, 0.25) is 10.0 Å². The molecular weight excluding hydrogens is 322 g/mol. The van der Waals surface area contributed by atoms with E-state index in [4.69, 9.17) is 4.98 Å². The summed E-state index contributed by atoms with van der Waals surface area (Å²) in [4.78, 5) is 9.38. The van der Waals surface area contributed by atoms with E-state index in [9.17, 15) is 8.42 Å². The third-order valence-corrected chi connectivity index (χ3v) is 5.15. The van der Waals surface area contributed by atoms with Crippen LogP contribution in [-0.4, -0.2) is 24.4 Å². The molecule has 5 nitrogen and oxygen atoms in total. The average Bonchev–Trinajstić information content (AvgIpc) is 2.45. The minimum atomic E-state index is -3.53. The third kappa shape index (κ3) is 4.19. The first-order chi connectivity index (χ1) is 11.0. The van der Waals surface area contributed by atoms with Gasteiger partial charge in [-0.15, -0.1) is 0 Å². The van der Waals surface area contributed by atoms with Crippen molar-refractivity contribution < 1.29 is 8.42 Å². The Bertz CT molecular complexity index is 838. The van der Waals surface area contributed by atoms with Gasteiger partial charge in [0.1, 0.15) is 0 Å². The molecule has 2 aromatic rings. The van der Waals surface area contributed by atoms with Crippen molar-refractivity contribution in [3.8, 4) is 11.3 Å². The Labute approximate surface area is 144 Å². The topological polar surface area (TPSA) is 72.0 Å². The van der Waals surface area contributed by atoms with Crippen molar-refractivity contribution in [1.29, 1.82) is 0 Å². The van der Waals surface area contributed by atoms with Crippen LogP contribution in [0.2, 0.25) is 0 Å². The largest absolute Gasteiger partial charge is 0.257 e. The molecule has 0 fully saturated rings. The van der Waals surface area contributed by atoms with Crippen molar-refractivity contribution >= 4 is 10.0 Å². The van der Waals surface area contributed by atoms with Gasteiger partial charge in [0.25, 0.3) is 0 Å². The molecule has 0 spiro atoms. The molecule has 0 radical (unpaired) electrons. The van der Waals surface area contributed by atoms with Crippen LogP contribution in [0.5, 0.6) is 0 Å². The summed E-state index contributed by atoms with van der Waals surface area (Å²) < 4.78 is 27.3. The molecule has 0 amide bonds. The van der Waals surface area contributed by atoms with Crippen molar-refractivity contribution in [2.75, 3.05) is 0 Å². The monoisotopic (exact) mass is 347 g/mol. The SMILES string of the molecule is Cc1ncc(-c2cccc(S(=O)(=O)NC(C)C)c2)nc1C(C)(C)C. The maximum atomic E-state index is 12.4. The van der Waals surface area contributed by atoms with Gasteiger partial charge in [0, 0.05) is 17.0 Å². The number of nitrogens with zero attached hydrogens (tertiary/aromatic N) is 2. The number of aromatic nitrogens is 2. The first-order valence-corrected chi connectivity index (χ1v) is 9.46. The minimum Gasteiger partial charge on any atom is -0.257 e. The molecule has 0 bridgehead atoms. The Morgan fingerprint density at radius 1 is 1.17 bits per heavy atom. The van der Waals surface area contributed by atoms with E-state index in [0.29, 0.717) is 5.69 Å². The molecule has 0 aliphatic heterocycles. The standard InChI is InChI=1S/C18H25N3O2S/c1-12(2)21-24(22,23)15-9-7-8-14(10-15)16-11-19-13(3)17(20-16)18(4,5)6/h7-12,21H,1-6H3. The van der Waals surface area contributed by atoms with Gasteiger partial charge in [-0.1, -0.05) is 32.9 Å². The fraction of sp³-hybridized carbons (Fsp3) is 0.444. The molecule has 130 valence electrons. The predicted octanol–water partition coefficient (Wildman–Crippen LogP) is 3.44. The molecule has 6 heteroatoms. The molecule has 0 atom stereocenters. The molecular formula is C18H25N3O2S. The molecule has 0 aliphatic carbocycles. The second-order valence-corrected chi connectivity index (χ2v) is 8.96. The first kappa shape index (κ1) is 18.5. The first-order valence-electron chi connectivity index (χ1n) is 7.97. The van der Waals surface area contributed by atoms with Crippen molar-refractivity contribution in [2.24, 2.45) is 0 Å². The van der Waals surface area contributed by atoms with Crippen LogP contribution in [0, 0.1) is 6.92 Å². The molecule has 1 N–H and O–H groups in total. The molecule has 0 saturated carbocycles. The van der Waals surface area contributed by atoms with Crippen LogP contribution in [0.15, 0.2) is 35.4 Å². The van der Waals surface area contributed by atoms with Crippen LogP contribution < -0.4 is 4.72 Å². The number of hydrogen-bond acceptors (Lipinski definition) is 4. The zero-order valence-electron chi connectivity index (χ0n) is 15.1. The van der Waals surface area contributed by atoms with Crippen molar-refractivity contribution in [3.63, 3.8) is 0 Å². The number of sulfonamides is 1. The summed E-state index contributed by atoms with van der Waals surface area (Å²) in [6.07, 6.45) is 1.69. The summed E-state index contributed by atoms with van der Waals surface area (Å²) in [5, 5.41) is 0. The van der Waals surface area contributed by atoms with Gasteiger partial charge >= 0.3 is 0 Å². The highest BCUT2D eigenvalue weighted by Gasteiger charge is 2.21. The summed E-state index contributed by atoms with van der Waals surface area (Å²) in [5.41, 5.74) is 3.08. The van der Waals surface area contributed by atoms with E-state index in [-0.39, 0.29) is 16.4 Å². The summed E-state index contributed by atoms with van der Waals surface area (Å²) in [5.74, 6) is 0. The summed E-state index contributed by atoms with van der Waals surface area (Å²) in [7, 11) is -3.53. The predicted molar refractivity (Wildman–Crippen MR) is 96.4 cm³/mol. The highest BCUT2D eigenvalue weighted by Crippen LogP contribution is 2.26. The van der Waals surface area contributed by atoms with Crippen LogP contribution >= 0.6 is 0 Å². The van der Waals surface area contributed by atoms with E-state index in [1.165, 1.54) is 0 Å². The smallest absolute Gasteiger partial charge is 0.240 e. The van der Waals surface area contributed by atoms with E-state index in [1.807, 2.05) is 13.0 Å². The van der Waals surface area contributed by atoms with Gasteiger partial charge in [0.15, 0.2) is 0 Å². The molecule has 2 rings (SSSR count). The number of benzene rings is 1. The quantitative estimate of drug-likeness (QED) is 0.919. The fourth-order valence-corrected chi connectivity index (χ4v) is 3.80. The van der Waals surface area contributed by atoms with Crippen LogP contribution in [-0.2, 0) is 15.4 Å². The van der Waals surface area contributed by atoms with E-state index >= 15 is 0 Å². The summed E-state index contributed by atoms with van der Waals surface area (Å²) >= 11 is 0. The Morgan fingerprint density at radius 3 is 2.42 bits per heavy atom. The second-order valence-electron chi connectivity index (χ2n) is 7.24. The normalized spacial score (nSPS) is 12.6. The number of hydrogen-bond donors (Lipinski definition) is 1. The van der Waals surface area contributed by atoms with E-state index in [1.54, 1.807) is 38.2 Å². The van der Waals surface area contributed by atoms with Crippen LogP contribution in [0.3, 0.4) is 0 Å². The maximum Gasteiger partial charge on any atom is 0.240 e. The van der Waals surface area contributed by atoms with Gasteiger partial charge < -0.3 is 0 Å². The number of aryl methyl sites for hydroxylation is 1. The molecule has 0 unspecified atom stereocenters. The highest BCUT2D eigenvalue weighted by atomic mass is 32.2. The van der Waals surface area contributed by atoms with E-state index in [0.717, 1.165) is 17.0 Å². The lowest BCUT2D eigenvalue weighted by Gasteiger charge is -2.20. The Kier molecular flexibility index (Phi) is 5.11. The molecule has 0 saturated heterocycles. The molecule has 1 aromatic heterocycles. The average molecular weight is 347 g/mol. The fourth-order valence-electron chi connectivity index (χ4n) is 2.50. The van der Waals surface area contributed by atoms with E-state index < -0.39 is 10.0 Å². The van der Waals surface area contributed by atoms with Gasteiger partial charge in [0.05, 0.1) is 28.2 Å². The number of nitrogens with one attached hydrogen (secondary N) is 1. The minimum absolute atomic E-state index is 0.129. The zero-order chi connectivity index (χ0) is 18.1. The van der Waals surface area contributed by atoms with Gasteiger partial charge in [-0.05, 0) is 32.9 Å². The maximum absolute atomic E-state index is 12.4. The highest BCUT2D eigenvalue weighted by molar-refractivity contribution is 7.89. The summed E-state index contributed by atoms with van der Waals surface area (Å²) in [6, 6.07) is 6.63. The molecule has 24 heavy (non-hydrogen) atoms. The Balaban J connectivity index is 2.50. The van der Waals surface area contributed by atoms with E-state index in [2.05, 4.69) is 30.5 Å². The van der Waals surface area contributed by atoms with Gasteiger partial charge in [-0.3, -0.25) is 4.98 Å². The summed E-state index contributed by atoms with van der Waals surface area (Å²) in [6.45, 7) is 11.8. The zero-order valence-corrected chi connectivity index (χ0v) is 15.9. The lowest BCUT2D eigenvalue weighted by molar-refractivity contribution is 0.560. The lowest BCUT2D eigenvalue weighted by atomic mass is 9.90. The molecule has 1 heterocycles. The number of rotatable bonds is 4. The van der Waals surface area contributed by atoms with Crippen LogP contribution in [0.25, 0.3) is 11.3 Å². The Morgan fingerprint density at radius 2 is 1.83 bits per heavy atom. The van der Waals surface area contributed by atoms with Crippen LogP contribution in [0.1, 0.15) is 46.0 Å². The van der Waals surface area contributed by atoms with Gasteiger partial charge in [-0.25, -0.2) is 18.1 Å².